The van der Waals surface area contributed by atoms with Crippen LogP contribution in [0, 0.1) is 0 Å². The second-order valence-electron chi connectivity index (χ2n) is 3.90. The van der Waals surface area contributed by atoms with Crippen LogP contribution in [-0.2, 0) is 19.1 Å². The third-order valence-electron chi connectivity index (χ3n) is 2.20. The van der Waals surface area contributed by atoms with Gasteiger partial charge in [0.15, 0.2) is 0 Å². The fourth-order valence-corrected chi connectivity index (χ4v) is 3.72. The van der Waals surface area contributed by atoms with Crippen LogP contribution >= 0.6 is 42.5 Å². The van der Waals surface area contributed by atoms with E-state index in [0.717, 1.165) is 0 Å². The van der Waals surface area contributed by atoms with Gasteiger partial charge in [-0.05, 0) is 36.4 Å². The number of sulfonamides is 1. The molecule has 0 aliphatic rings. The van der Waals surface area contributed by atoms with Gasteiger partial charge in [0.05, 0.1) is 9.79 Å². The van der Waals surface area contributed by atoms with Crippen molar-refractivity contribution in [2.45, 2.75) is 9.79 Å². The first-order chi connectivity index (χ1) is 10.00. The first-order valence-corrected chi connectivity index (χ1v) is 10.9. The van der Waals surface area contributed by atoms with E-state index in [2.05, 4.69) is 31.9 Å². The maximum atomic E-state index is 10.7. The van der Waals surface area contributed by atoms with Gasteiger partial charge in [-0.15, -0.1) is 0 Å². The molecule has 0 fully saturated rings. The van der Waals surface area contributed by atoms with Crippen molar-refractivity contribution < 1.29 is 16.8 Å². The van der Waals surface area contributed by atoms with Crippen molar-refractivity contribution in [3.8, 4) is 0 Å². The number of primary sulfonamides is 1. The third kappa shape index (κ3) is 6.76. The van der Waals surface area contributed by atoms with E-state index in [-0.39, 0.29) is 9.79 Å². The maximum Gasteiger partial charge on any atom is 0.261 e. The zero-order chi connectivity index (χ0) is 17.0. The normalized spacial score (nSPS) is 11.5. The van der Waals surface area contributed by atoms with E-state index in [1.165, 1.54) is 24.3 Å². The zero-order valence-electron chi connectivity index (χ0n) is 10.8. The highest BCUT2D eigenvalue weighted by atomic mass is 79.9. The molecule has 22 heavy (non-hydrogen) atoms. The fourth-order valence-electron chi connectivity index (χ4n) is 1.26. The topological polar surface area (TPSA) is 94.3 Å². The lowest BCUT2D eigenvalue weighted by molar-refractivity contribution is 0.597. The molecule has 2 rings (SSSR count). The molecule has 0 amide bonds. The van der Waals surface area contributed by atoms with Crippen LogP contribution in [0.1, 0.15) is 0 Å². The number of hydrogen-bond donors (Lipinski definition) is 1. The Morgan fingerprint density at radius 1 is 0.818 bits per heavy atom. The van der Waals surface area contributed by atoms with Gasteiger partial charge >= 0.3 is 0 Å². The largest absolute Gasteiger partial charge is 0.261 e. The van der Waals surface area contributed by atoms with Gasteiger partial charge in [0.1, 0.15) is 0 Å². The average Bonchev–Trinajstić information content (AvgIpc) is 2.37. The Labute approximate surface area is 150 Å². The van der Waals surface area contributed by atoms with Gasteiger partial charge in [0.25, 0.3) is 9.05 Å². The van der Waals surface area contributed by atoms with Gasteiger partial charge in [-0.2, -0.15) is 0 Å². The Morgan fingerprint density at radius 2 is 1.23 bits per heavy atom. The standard InChI is InChI=1S/C6H4BrClO2S.C6H6BrNO2S/c2*7-5-2-1-3-6(4-5)11(8,9)10/h1-4H;1-4H,(H2,8,9,10). The summed E-state index contributed by atoms with van der Waals surface area (Å²) in [6.45, 7) is 0. The van der Waals surface area contributed by atoms with Crippen molar-refractivity contribution >= 4 is 61.6 Å². The van der Waals surface area contributed by atoms with Crippen LogP contribution in [0.2, 0.25) is 0 Å². The van der Waals surface area contributed by atoms with Crippen molar-refractivity contribution in [3.63, 3.8) is 0 Å². The number of nitrogens with two attached hydrogens (primary N) is 1. The molecule has 0 atom stereocenters. The van der Waals surface area contributed by atoms with Crippen molar-refractivity contribution in [2.24, 2.45) is 5.14 Å². The molecule has 10 heteroatoms. The minimum atomic E-state index is -3.58. The SMILES string of the molecule is NS(=O)(=O)c1cccc(Br)c1.O=S(=O)(Cl)c1cccc(Br)c1. The lowest BCUT2D eigenvalue weighted by atomic mass is 10.4. The molecule has 120 valence electrons. The van der Waals surface area contributed by atoms with E-state index >= 15 is 0 Å². The van der Waals surface area contributed by atoms with Crippen LogP contribution in [-0.4, -0.2) is 16.8 Å². The Balaban J connectivity index is 0.000000220. The second-order valence-corrected chi connectivity index (χ2v) is 9.86. The minimum Gasteiger partial charge on any atom is -0.225 e. The third-order valence-corrected chi connectivity index (χ3v) is 5.45. The molecule has 0 aliphatic carbocycles. The molecular formula is C12H10Br2ClNO4S2. The van der Waals surface area contributed by atoms with Gasteiger partial charge in [0.2, 0.25) is 10.0 Å². The summed E-state index contributed by atoms with van der Waals surface area (Å²) in [6.07, 6.45) is 0. The van der Waals surface area contributed by atoms with Gasteiger partial charge < -0.3 is 0 Å². The number of rotatable bonds is 2. The summed E-state index contributed by atoms with van der Waals surface area (Å²) in [4.78, 5) is 0.223. The highest BCUT2D eigenvalue weighted by molar-refractivity contribution is 9.10. The van der Waals surface area contributed by atoms with E-state index in [1.54, 1.807) is 24.3 Å². The van der Waals surface area contributed by atoms with Crippen LogP contribution in [0.4, 0.5) is 0 Å². The molecule has 0 unspecified atom stereocenters. The van der Waals surface area contributed by atoms with Crippen molar-refractivity contribution in [1.82, 2.24) is 0 Å². The summed E-state index contributed by atoms with van der Waals surface area (Å²) < 4.78 is 44.3. The molecule has 0 aromatic heterocycles. The van der Waals surface area contributed by atoms with Crippen molar-refractivity contribution in [2.75, 3.05) is 0 Å². The smallest absolute Gasteiger partial charge is 0.225 e. The van der Waals surface area contributed by atoms with Crippen LogP contribution in [0.3, 0.4) is 0 Å². The first-order valence-electron chi connectivity index (χ1n) is 5.49. The molecule has 2 N–H and O–H groups in total. The minimum absolute atomic E-state index is 0.105. The molecule has 0 saturated heterocycles. The predicted octanol–water partition coefficient (Wildman–Crippen LogP) is 3.47. The molecule has 0 aliphatic heterocycles. The number of benzene rings is 2. The molecule has 0 radical (unpaired) electrons. The Morgan fingerprint density at radius 3 is 1.50 bits per heavy atom. The lowest BCUT2D eigenvalue weighted by Gasteiger charge is -1.96. The van der Waals surface area contributed by atoms with Crippen molar-refractivity contribution in [1.29, 1.82) is 0 Å². The Bertz CT molecular complexity index is 797. The summed E-state index contributed by atoms with van der Waals surface area (Å²) in [5, 5.41) is 4.88. The summed E-state index contributed by atoms with van der Waals surface area (Å²) in [6, 6.07) is 12.5. The molecule has 5 nitrogen and oxygen atoms in total. The highest BCUT2D eigenvalue weighted by Gasteiger charge is 2.08. The number of halogens is 3. The van der Waals surface area contributed by atoms with Crippen LogP contribution in [0.25, 0.3) is 0 Å². The quantitative estimate of drug-likeness (QED) is 0.651. The maximum absolute atomic E-state index is 10.7. The monoisotopic (exact) mass is 489 g/mol. The van der Waals surface area contributed by atoms with Gasteiger partial charge in [-0.1, -0.05) is 44.0 Å². The molecule has 0 saturated carbocycles. The first kappa shape index (κ1) is 19.6. The Hall–Kier alpha value is -0.450. The highest BCUT2D eigenvalue weighted by Crippen LogP contribution is 2.19. The molecule has 0 bridgehead atoms. The fraction of sp³-hybridized carbons (Fsp3) is 0. The van der Waals surface area contributed by atoms with E-state index in [9.17, 15) is 16.8 Å². The van der Waals surface area contributed by atoms with Crippen LogP contribution in [0.5, 0.6) is 0 Å². The molecule has 2 aromatic carbocycles. The number of hydrogen-bond acceptors (Lipinski definition) is 4. The van der Waals surface area contributed by atoms with Gasteiger partial charge in [-0.3, -0.25) is 0 Å². The Kier molecular flexibility index (Phi) is 7.03. The van der Waals surface area contributed by atoms with E-state index in [0.29, 0.717) is 8.95 Å². The average molecular weight is 492 g/mol. The van der Waals surface area contributed by atoms with E-state index in [4.69, 9.17) is 15.8 Å². The summed E-state index contributed by atoms with van der Waals surface area (Å²) in [5.74, 6) is 0. The zero-order valence-corrected chi connectivity index (χ0v) is 16.3. The van der Waals surface area contributed by atoms with Crippen molar-refractivity contribution in [3.05, 3.63) is 57.5 Å². The second kappa shape index (κ2) is 7.89. The van der Waals surface area contributed by atoms with E-state index < -0.39 is 19.1 Å². The molecule has 2 aromatic rings. The van der Waals surface area contributed by atoms with E-state index in [1.807, 2.05) is 0 Å². The van der Waals surface area contributed by atoms with Gasteiger partial charge in [-0.25, -0.2) is 22.0 Å². The predicted molar refractivity (Wildman–Crippen MR) is 92.7 cm³/mol. The summed E-state index contributed by atoms with van der Waals surface area (Å²) in [7, 11) is -2.06. The summed E-state index contributed by atoms with van der Waals surface area (Å²) >= 11 is 6.27. The van der Waals surface area contributed by atoms with Crippen LogP contribution in [0.15, 0.2) is 67.3 Å². The summed E-state index contributed by atoms with van der Waals surface area (Å²) in [5.41, 5.74) is 0. The lowest BCUT2D eigenvalue weighted by Crippen LogP contribution is -2.11. The van der Waals surface area contributed by atoms with Gasteiger partial charge in [0, 0.05) is 19.6 Å². The molecule has 0 spiro atoms. The van der Waals surface area contributed by atoms with Crippen LogP contribution < -0.4 is 5.14 Å². The molecule has 0 heterocycles. The molecular weight excluding hydrogens is 482 g/mol.